The highest BCUT2D eigenvalue weighted by Gasteiger charge is 2.44. The van der Waals surface area contributed by atoms with Crippen molar-refractivity contribution in [3.63, 3.8) is 0 Å². The number of alkyl halides is 3. The molecule has 3 heterocycles. The number of rotatable bonds is 9. The molecule has 0 radical (unpaired) electrons. The van der Waals surface area contributed by atoms with Crippen LogP contribution < -0.4 is 4.90 Å². The molecule has 1 aromatic heterocycles. The minimum atomic E-state index is -1.66. The Kier molecular flexibility index (Phi) is 7.78. The van der Waals surface area contributed by atoms with Crippen LogP contribution in [0.4, 0.5) is 19.2 Å². The third-order valence-corrected chi connectivity index (χ3v) is 8.73. The smallest absolute Gasteiger partial charge is 0.324 e. The highest BCUT2D eigenvalue weighted by Crippen LogP contribution is 2.50. The largest absolute Gasteiger partial charge is 0.494 e. The number of anilines is 1. The van der Waals surface area contributed by atoms with Gasteiger partial charge in [-0.05, 0) is 55.6 Å². The monoisotopic (exact) mass is 536 g/mol. The van der Waals surface area contributed by atoms with Crippen LogP contribution >= 0.6 is 0 Å². The number of likely N-dealkylation sites (tertiary alicyclic amines) is 1. The Morgan fingerprint density at radius 3 is 2.55 bits per heavy atom. The van der Waals surface area contributed by atoms with Crippen LogP contribution in [-0.4, -0.2) is 72.2 Å². The molecule has 0 aromatic carbocycles. The average Bonchev–Trinajstić information content (AvgIpc) is 3.31. The van der Waals surface area contributed by atoms with Gasteiger partial charge < -0.3 is 19.1 Å². The van der Waals surface area contributed by atoms with Gasteiger partial charge in [0.1, 0.15) is 11.9 Å². The lowest BCUT2D eigenvalue weighted by Crippen LogP contribution is -2.37. The summed E-state index contributed by atoms with van der Waals surface area (Å²) in [7, 11) is 0. The molecule has 6 atom stereocenters. The summed E-state index contributed by atoms with van der Waals surface area (Å²) in [6.07, 6.45) is 4.29. The Balaban J connectivity index is 1.01. The summed E-state index contributed by atoms with van der Waals surface area (Å²) in [6, 6.07) is 0.631. The van der Waals surface area contributed by atoms with Gasteiger partial charge in [0, 0.05) is 30.8 Å². The van der Waals surface area contributed by atoms with Crippen molar-refractivity contribution in [1.29, 1.82) is 0 Å². The number of amides is 1. The van der Waals surface area contributed by atoms with Crippen molar-refractivity contribution in [2.45, 2.75) is 77.3 Å². The number of allylic oxidation sites excluding steroid dienone is 3. The first-order valence-electron chi connectivity index (χ1n) is 14.0. The second-order valence-electron chi connectivity index (χ2n) is 12.0. The van der Waals surface area contributed by atoms with Crippen molar-refractivity contribution in [3.05, 3.63) is 29.8 Å². The van der Waals surface area contributed by atoms with E-state index in [1.807, 2.05) is 0 Å². The Labute approximate surface area is 222 Å². The van der Waals surface area contributed by atoms with Gasteiger partial charge in [0.15, 0.2) is 18.2 Å². The number of nitrogens with zero attached hydrogens (tertiary/aromatic N) is 4. The van der Waals surface area contributed by atoms with Crippen LogP contribution in [0, 0.1) is 23.2 Å². The number of halogens is 3. The van der Waals surface area contributed by atoms with E-state index in [2.05, 4.69) is 28.9 Å². The molecule has 210 valence electrons. The summed E-state index contributed by atoms with van der Waals surface area (Å²) in [5.74, 6) is 3.10. The molecule has 0 N–H and O–H groups in total. The van der Waals surface area contributed by atoms with E-state index in [4.69, 9.17) is 9.26 Å². The van der Waals surface area contributed by atoms with E-state index in [0.29, 0.717) is 36.1 Å². The zero-order valence-corrected chi connectivity index (χ0v) is 22.5. The van der Waals surface area contributed by atoms with Gasteiger partial charge in [-0.15, -0.1) is 0 Å². The summed E-state index contributed by atoms with van der Waals surface area (Å²) in [5.41, 5.74) is -1.06. The van der Waals surface area contributed by atoms with E-state index in [9.17, 15) is 13.6 Å². The van der Waals surface area contributed by atoms with Crippen molar-refractivity contribution in [2.24, 2.45) is 23.2 Å². The molecule has 2 saturated heterocycles. The molecule has 0 spiro atoms. The molecule has 10 heteroatoms. The molecule has 3 fully saturated rings. The Hall–Kier alpha value is -2.52. The van der Waals surface area contributed by atoms with Gasteiger partial charge in [-0.1, -0.05) is 32.0 Å². The summed E-state index contributed by atoms with van der Waals surface area (Å²) in [4.78, 5) is 20.4. The fourth-order valence-corrected chi connectivity index (χ4v) is 5.99. The molecule has 38 heavy (non-hydrogen) atoms. The summed E-state index contributed by atoms with van der Waals surface area (Å²) in [6.45, 7) is 7.62. The maximum Gasteiger partial charge on any atom is 0.324 e. The normalized spacial score (nSPS) is 33.7. The van der Waals surface area contributed by atoms with Gasteiger partial charge >= 0.3 is 6.01 Å². The molecule has 7 nitrogen and oxygen atoms in total. The molecular formula is C28H39F3N4O3. The second-order valence-corrected chi connectivity index (χ2v) is 12.0. The maximum atomic E-state index is 15.0. The Morgan fingerprint density at radius 1 is 1.21 bits per heavy atom. The predicted octanol–water partition coefficient (Wildman–Crippen LogP) is 5.16. The third kappa shape index (κ3) is 5.88. The second kappa shape index (κ2) is 10.9. The molecule has 2 aliphatic heterocycles. The van der Waals surface area contributed by atoms with Crippen LogP contribution in [-0.2, 0) is 9.53 Å². The van der Waals surface area contributed by atoms with Crippen LogP contribution in [0.3, 0.4) is 0 Å². The van der Waals surface area contributed by atoms with E-state index in [1.165, 1.54) is 12.5 Å². The SMILES string of the molecule is CC(C)c1noc(N2CCC([C@H]3C[C@H]3CCOC3=CC(F)[C@](C)(CC(=O)N4C[C@H](F)[C@@H](F)C4)C=C3)CC2)n1. The van der Waals surface area contributed by atoms with Gasteiger partial charge in [-0.2, -0.15) is 4.98 Å². The Bertz CT molecular complexity index is 1040. The zero-order chi connectivity index (χ0) is 27.0. The molecule has 1 saturated carbocycles. The molecule has 0 bridgehead atoms. The first-order chi connectivity index (χ1) is 18.1. The van der Waals surface area contributed by atoms with Crippen LogP contribution in [0.25, 0.3) is 0 Å². The number of aromatic nitrogens is 2. The number of carbonyl (C=O) groups excluding carboxylic acids is 1. The summed E-state index contributed by atoms with van der Waals surface area (Å²) in [5, 5.41) is 4.07. The average molecular weight is 537 g/mol. The van der Waals surface area contributed by atoms with Crippen molar-refractivity contribution < 1.29 is 27.2 Å². The molecule has 2 aliphatic carbocycles. The van der Waals surface area contributed by atoms with E-state index >= 15 is 4.39 Å². The Morgan fingerprint density at radius 2 is 1.92 bits per heavy atom. The fraction of sp³-hybridized carbons (Fsp3) is 0.750. The number of carbonyl (C=O) groups is 1. The van der Waals surface area contributed by atoms with Crippen LogP contribution in [0.5, 0.6) is 0 Å². The first-order valence-corrected chi connectivity index (χ1v) is 14.0. The molecule has 1 aromatic rings. The topological polar surface area (TPSA) is 71.7 Å². The molecular weight excluding hydrogens is 497 g/mol. The fourth-order valence-electron chi connectivity index (χ4n) is 5.99. The van der Waals surface area contributed by atoms with Crippen LogP contribution in [0.15, 0.2) is 28.5 Å². The van der Waals surface area contributed by atoms with Crippen LogP contribution in [0.2, 0.25) is 0 Å². The molecule has 4 aliphatic rings. The number of piperidine rings is 1. The molecule has 1 unspecified atom stereocenters. The van der Waals surface area contributed by atoms with Gasteiger partial charge in [0.25, 0.3) is 0 Å². The van der Waals surface area contributed by atoms with Gasteiger partial charge in [-0.3, -0.25) is 4.79 Å². The van der Waals surface area contributed by atoms with Gasteiger partial charge in [-0.25, -0.2) is 13.2 Å². The van der Waals surface area contributed by atoms with E-state index in [-0.39, 0.29) is 25.4 Å². The highest BCUT2D eigenvalue weighted by molar-refractivity contribution is 5.78. The van der Waals surface area contributed by atoms with Crippen molar-refractivity contribution in [2.75, 3.05) is 37.7 Å². The highest BCUT2D eigenvalue weighted by atomic mass is 19.2. The zero-order valence-electron chi connectivity index (χ0n) is 22.5. The summed E-state index contributed by atoms with van der Waals surface area (Å²) < 4.78 is 53.2. The van der Waals surface area contributed by atoms with E-state index in [0.717, 1.165) is 43.1 Å². The predicted molar refractivity (Wildman–Crippen MR) is 137 cm³/mol. The molecule has 1 amide bonds. The number of ether oxygens (including phenoxy) is 1. The van der Waals surface area contributed by atoms with Gasteiger partial charge in [0.05, 0.1) is 19.7 Å². The lowest BCUT2D eigenvalue weighted by atomic mass is 9.78. The van der Waals surface area contributed by atoms with Crippen molar-refractivity contribution in [1.82, 2.24) is 15.0 Å². The van der Waals surface area contributed by atoms with Crippen LogP contribution in [0.1, 0.15) is 64.6 Å². The lowest BCUT2D eigenvalue weighted by Gasteiger charge is -2.32. The third-order valence-electron chi connectivity index (χ3n) is 8.73. The minimum Gasteiger partial charge on any atom is -0.494 e. The van der Waals surface area contributed by atoms with Gasteiger partial charge in [0.2, 0.25) is 5.91 Å². The first kappa shape index (κ1) is 27.1. The van der Waals surface area contributed by atoms with E-state index in [1.54, 1.807) is 19.1 Å². The number of hydrogen-bond donors (Lipinski definition) is 0. The maximum absolute atomic E-state index is 15.0. The lowest BCUT2D eigenvalue weighted by molar-refractivity contribution is -0.132. The summed E-state index contributed by atoms with van der Waals surface area (Å²) >= 11 is 0. The minimum absolute atomic E-state index is 0.137. The van der Waals surface area contributed by atoms with Crippen molar-refractivity contribution >= 4 is 11.9 Å². The quantitative estimate of drug-likeness (QED) is 0.434. The molecule has 5 rings (SSSR count). The van der Waals surface area contributed by atoms with Crippen molar-refractivity contribution in [3.8, 4) is 0 Å². The number of hydrogen-bond acceptors (Lipinski definition) is 6. The van der Waals surface area contributed by atoms with E-state index < -0.39 is 29.8 Å². The standard InChI is InChI=1S/C28H39F3N4O3/c1-17(2)26-32-27(38-33-26)34-9-5-18(6-10-34)21-12-19(21)7-11-37-20-4-8-28(3,24(31)13-20)14-25(36)35-15-22(29)23(30)16-35/h4,8,13,17-19,21-24H,5-7,9-12,14-16H2,1-3H3/t19-,21-,22+,23+,24?,28+/m1/s1.